The van der Waals surface area contributed by atoms with Crippen LogP contribution < -0.4 is 4.74 Å². The Kier molecular flexibility index (Phi) is 5.50. The van der Waals surface area contributed by atoms with Gasteiger partial charge in [-0.1, -0.05) is 42.8 Å². The number of piperidine rings is 1. The molecule has 2 aromatic carbocycles. The third kappa shape index (κ3) is 3.80. The first kappa shape index (κ1) is 20.5. The van der Waals surface area contributed by atoms with Crippen LogP contribution in [0.3, 0.4) is 0 Å². The Morgan fingerprint density at radius 1 is 1.19 bits per heavy atom. The van der Waals surface area contributed by atoms with Crippen LogP contribution in [0.1, 0.15) is 57.9 Å². The van der Waals surface area contributed by atoms with Gasteiger partial charge in [-0.2, -0.15) is 0 Å². The number of rotatable bonds is 4. The van der Waals surface area contributed by atoms with Gasteiger partial charge in [-0.15, -0.1) is 0 Å². The molecule has 0 amide bonds. The molecule has 0 radical (unpaired) electrons. The topological polar surface area (TPSA) is 62.7 Å². The maximum absolute atomic E-state index is 13.2. The predicted octanol–water partition coefficient (Wildman–Crippen LogP) is 5.44. The van der Waals surface area contributed by atoms with Crippen LogP contribution in [0.25, 0.3) is 6.08 Å². The number of phenolic OH excluding ortho intramolecular Hbond substituents is 1. The van der Waals surface area contributed by atoms with Gasteiger partial charge in [-0.25, -0.2) is 0 Å². The summed E-state index contributed by atoms with van der Waals surface area (Å²) in [5, 5.41) is 10.9. The Morgan fingerprint density at radius 3 is 2.81 bits per heavy atom. The van der Waals surface area contributed by atoms with Crippen molar-refractivity contribution in [3.05, 3.63) is 94.5 Å². The summed E-state index contributed by atoms with van der Waals surface area (Å²) < 4.78 is 6.11. The van der Waals surface area contributed by atoms with Crippen LogP contribution in [0.4, 0.5) is 0 Å². The number of phenols is 1. The van der Waals surface area contributed by atoms with Crippen LogP contribution in [0.2, 0.25) is 0 Å². The molecule has 32 heavy (non-hydrogen) atoms. The number of aromatic hydroxyl groups is 1. The Hall–Kier alpha value is -3.44. The van der Waals surface area contributed by atoms with E-state index in [2.05, 4.69) is 16.0 Å². The fourth-order valence-corrected chi connectivity index (χ4v) is 4.77. The number of allylic oxidation sites excluding steroid dienone is 1. The number of hydrogen-bond donors (Lipinski definition) is 1. The van der Waals surface area contributed by atoms with Crippen LogP contribution in [0.15, 0.2) is 66.7 Å². The third-order valence-electron chi connectivity index (χ3n) is 6.36. The number of likely N-dealkylation sites (tertiary alicyclic amines) is 1. The first-order valence-electron chi connectivity index (χ1n) is 11.1. The lowest BCUT2D eigenvalue weighted by Gasteiger charge is -2.36. The van der Waals surface area contributed by atoms with E-state index in [4.69, 9.17) is 4.74 Å². The number of aryl methyl sites for hydroxylation is 1. The fourth-order valence-electron chi connectivity index (χ4n) is 4.77. The molecule has 1 fully saturated rings. The predicted molar refractivity (Wildman–Crippen MR) is 123 cm³/mol. The molecule has 5 heteroatoms. The highest BCUT2D eigenvalue weighted by molar-refractivity contribution is 6.15. The monoisotopic (exact) mass is 426 g/mol. The molecule has 0 saturated carbocycles. The summed E-state index contributed by atoms with van der Waals surface area (Å²) in [5.74, 6) is 0.823. The first-order valence-corrected chi connectivity index (χ1v) is 11.1. The number of ether oxygens (including phenoxy) is 1. The van der Waals surface area contributed by atoms with Gasteiger partial charge in [-0.05, 0) is 61.2 Å². The number of carbonyl (C=O) groups excluding carboxylic acids is 1. The molecule has 2 aliphatic heterocycles. The van der Waals surface area contributed by atoms with E-state index in [9.17, 15) is 9.90 Å². The molecule has 3 aromatic rings. The van der Waals surface area contributed by atoms with Gasteiger partial charge < -0.3 is 9.84 Å². The summed E-state index contributed by atoms with van der Waals surface area (Å²) in [6.45, 7) is 3.27. The number of fused-ring (bicyclic) bond motifs is 1. The Balaban J connectivity index is 1.50. The minimum atomic E-state index is -0.134. The lowest BCUT2D eigenvalue weighted by molar-refractivity contribution is 0.101. The van der Waals surface area contributed by atoms with Gasteiger partial charge in [-0.3, -0.25) is 14.7 Å². The summed E-state index contributed by atoms with van der Waals surface area (Å²) in [5.41, 5.74) is 4.03. The number of nitrogens with zero attached hydrogens (tertiary/aromatic N) is 2. The van der Waals surface area contributed by atoms with E-state index in [1.54, 1.807) is 18.3 Å². The van der Waals surface area contributed by atoms with Gasteiger partial charge in [0.05, 0.1) is 11.1 Å². The number of aromatic nitrogens is 1. The van der Waals surface area contributed by atoms with E-state index in [0.717, 1.165) is 36.9 Å². The molecular formula is C27H26N2O3. The highest BCUT2D eigenvalue weighted by atomic mass is 16.5. The van der Waals surface area contributed by atoms with Crippen LogP contribution >= 0.6 is 0 Å². The van der Waals surface area contributed by atoms with Crippen molar-refractivity contribution in [1.82, 2.24) is 9.88 Å². The quantitative estimate of drug-likeness (QED) is 0.563. The second-order valence-corrected chi connectivity index (χ2v) is 8.51. The first-order chi connectivity index (χ1) is 15.6. The van der Waals surface area contributed by atoms with E-state index in [-0.39, 0.29) is 17.6 Å². The maximum Gasteiger partial charge on any atom is 0.232 e. The Morgan fingerprint density at radius 2 is 2.03 bits per heavy atom. The van der Waals surface area contributed by atoms with Crippen molar-refractivity contribution >= 4 is 11.9 Å². The standard InChI is InChI=1S/C27H26N2O3/c1-18-14-23(30)21(17-29-13-6-5-11-22(29)20-10-7-12-28-16-20)27-25(18)26(31)24(32-27)15-19-8-3-2-4-9-19/h2-4,7-10,12,14-16,22,30H,5-6,11,13,17H2,1H3/b24-15-/t22-/m0/s1. The largest absolute Gasteiger partial charge is 0.507 e. The highest BCUT2D eigenvalue weighted by Crippen LogP contribution is 2.44. The zero-order chi connectivity index (χ0) is 22.1. The molecule has 0 aliphatic carbocycles. The van der Waals surface area contributed by atoms with Crippen molar-refractivity contribution < 1.29 is 14.6 Å². The van der Waals surface area contributed by atoms with Crippen molar-refractivity contribution in [3.63, 3.8) is 0 Å². The minimum Gasteiger partial charge on any atom is -0.507 e. The van der Waals surface area contributed by atoms with Crippen LogP contribution in [0, 0.1) is 6.92 Å². The number of benzene rings is 2. The summed E-state index contributed by atoms with van der Waals surface area (Å²) in [6.07, 6.45) is 8.78. The Bertz CT molecular complexity index is 1170. The summed E-state index contributed by atoms with van der Waals surface area (Å²) in [4.78, 5) is 19.8. The number of hydrogen-bond acceptors (Lipinski definition) is 5. The van der Waals surface area contributed by atoms with Crippen molar-refractivity contribution in [2.24, 2.45) is 0 Å². The van der Waals surface area contributed by atoms with Crippen LogP contribution in [-0.2, 0) is 6.54 Å². The SMILES string of the molecule is Cc1cc(O)c(CN2CCCC[C@H]2c2cccnc2)c2c1C(=O)/C(=C/c1ccccc1)O2. The fraction of sp³-hybridized carbons (Fsp3) is 0.259. The number of carbonyl (C=O) groups is 1. The average molecular weight is 427 g/mol. The van der Waals surface area contributed by atoms with Crippen LogP contribution in [0.5, 0.6) is 11.5 Å². The molecule has 1 aromatic heterocycles. The second kappa shape index (κ2) is 8.60. The zero-order valence-electron chi connectivity index (χ0n) is 18.1. The maximum atomic E-state index is 13.2. The van der Waals surface area contributed by atoms with Gasteiger partial charge in [0.15, 0.2) is 5.76 Å². The molecule has 3 heterocycles. The zero-order valence-corrected chi connectivity index (χ0v) is 18.1. The van der Waals surface area contributed by atoms with Crippen molar-refractivity contribution in [2.45, 2.75) is 38.8 Å². The van der Waals surface area contributed by atoms with E-state index < -0.39 is 0 Å². The lowest BCUT2D eigenvalue weighted by atomic mass is 9.94. The number of pyridine rings is 1. The van der Waals surface area contributed by atoms with E-state index in [1.807, 2.05) is 49.5 Å². The molecule has 1 saturated heterocycles. The number of ketones is 1. The molecule has 1 N–H and O–H groups in total. The average Bonchev–Trinajstić information content (AvgIpc) is 3.14. The second-order valence-electron chi connectivity index (χ2n) is 8.51. The molecule has 5 rings (SSSR count). The van der Waals surface area contributed by atoms with E-state index >= 15 is 0 Å². The third-order valence-corrected chi connectivity index (χ3v) is 6.36. The smallest absolute Gasteiger partial charge is 0.232 e. The van der Waals surface area contributed by atoms with Gasteiger partial charge in [0, 0.05) is 25.0 Å². The summed E-state index contributed by atoms with van der Waals surface area (Å²) in [7, 11) is 0. The molecular weight excluding hydrogens is 400 g/mol. The molecule has 2 aliphatic rings. The molecule has 162 valence electrons. The summed E-state index contributed by atoms with van der Waals surface area (Å²) in [6, 6.07) is 15.6. The molecule has 0 unspecified atom stereocenters. The van der Waals surface area contributed by atoms with Gasteiger partial charge >= 0.3 is 0 Å². The minimum absolute atomic E-state index is 0.134. The highest BCUT2D eigenvalue weighted by Gasteiger charge is 2.35. The van der Waals surface area contributed by atoms with E-state index in [0.29, 0.717) is 29.2 Å². The molecule has 5 nitrogen and oxygen atoms in total. The van der Waals surface area contributed by atoms with Gasteiger partial charge in [0.2, 0.25) is 5.78 Å². The Labute approximate surface area is 188 Å². The van der Waals surface area contributed by atoms with Crippen molar-refractivity contribution in [2.75, 3.05) is 6.54 Å². The van der Waals surface area contributed by atoms with Crippen molar-refractivity contribution in [3.8, 4) is 11.5 Å². The number of Topliss-reactive ketones (excluding diaryl/α,β-unsaturated/α-hetero) is 1. The molecule has 1 atom stereocenters. The lowest BCUT2D eigenvalue weighted by Crippen LogP contribution is -2.33. The van der Waals surface area contributed by atoms with E-state index in [1.165, 1.54) is 5.56 Å². The summed E-state index contributed by atoms with van der Waals surface area (Å²) >= 11 is 0. The van der Waals surface area contributed by atoms with Gasteiger partial charge in [0.25, 0.3) is 0 Å². The van der Waals surface area contributed by atoms with Crippen LogP contribution in [-0.4, -0.2) is 27.3 Å². The molecule has 0 bridgehead atoms. The normalized spacial score (nSPS) is 19.7. The molecule has 0 spiro atoms. The van der Waals surface area contributed by atoms with Gasteiger partial charge in [0.1, 0.15) is 11.5 Å². The van der Waals surface area contributed by atoms with Crippen molar-refractivity contribution in [1.29, 1.82) is 0 Å².